The monoisotopic (exact) mass is 533 g/mol. The van der Waals surface area contributed by atoms with E-state index in [0.717, 1.165) is 23.4 Å². The number of anilines is 2. The molecule has 192 valence electrons. The van der Waals surface area contributed by atoms with Gasteiger partial charge in [0.15, 0.2) is 0 Å². The highest BCUT2D eigenvalue weighted by Gasteiger charge is 2.31. The summed E-state index contributed by atoms with van der Waals surface area (Å²) in [5.41, 5.74) is 16.5. The molecule has 0 bridgehead atoms. The summed E-state index contributed by atoms with van der Waals surface area (Å²) in [5.74, 6) is 0.361. The maximum atomic E-state index is 12.1. The van der Waals surface area contributed by atoms with Gasteiger partial charge in [0.25, 0.3) is 5.91 Å². The van der Waals surface area contributed by atoms with Crippen molar-refractivity contribution in [2.75, 3.05) is 44.4 Å². The third-order valence-electron chi connectivity index (χ3n) is 6.30. The normalized spacial score (nSPS) is 18.5. The summed E-state index contributed by atoms with van der Waals surface area (Å²) in [4.78, 5) is 28.1. The highest BCUT2D eigenvalue weighted by atomic mass is 35.5. The van der Waals surface area contributed by atoms with Crippen molar-refractivity contribution in [3.8, 4) is 6.01 Å². The van der Waals surface area contributed by atoms with Gasteiger partial charge in [-0.1, -0.05) is 23.2 Å². The Bertz CT molecular complexity index is 1250. The number of carbonyl (C=O) groups excluding carboxylic acids is 1. The van der Waals surface area contributed by atoms with Crippen LogP contribution >= 0.6 is 23.2 Å². The molecule has 2 aromatic rings. The van der Waals surface area contributed by atoms with Crippen LogP contribution in [0.25, 0.3) is 0 Å². The van der Waals surface area contributed by atoms with Gasteiger partial charge in [0.2, 0.25) is 0 Å². The second-order valence-electron chi connectivity index (χ2n) is 8.59. The van der Waals surface area contributed by atoms with Crippen molar-refractivity contribution in [3.05, 3.63) is 50.3 Å². The summed E-state index contributed by atoms with van der Waals surface area (Å²) in [6, 6.07) is 3.63. The van der Waals surface area contributed by atoms with E-state index in [1.807, 2.05) is 0 Å². The van der Waals surface area contributed by atoms with Crippen LogP contribution in [-0.4, -0.2) is 55.4 Å². The third-order valence-corrected chi connectivity index (χ3v) is 7.12. The van der Waals surface area contributed by atoms with Gasteiger partial charge >= 0.3 is 6.01 Å². The number of hydrogen-bond donors (Lipinski definition) is 3. The average molecular weight is 534 g/mol. The molecule has 2 aliphatic rings. The van der Waals surface area contributed by atoms with Crippen LogP contribution in [-0.2, 0) is 22.6 Å². The number of nitrogens with two attached hydrogens (primary N) is 2. The van der Waals surface area contributed by atoms with Crippen LogP contribution in [0.4, 0.5) is 11.5 Å². The van der Waals surface area contributed by atoms with Crippen LogP contribution in [0.3, 0.4) is 0 Å². The highest BCUT2D eigenvalue weighted by Crippen LogP contribution is 2.40. The van der Waals surface area contributed by atoms with Crippen molar-refractivity contribution in [1.29, 1.82) is 0 Å². The van der Waals surface area contributed by atoms with E-state index < -0.39 is 0 Å². The van der Waals surface area contributed by atoms with E-state index in [2.05, 4.69) is 25.2 Å². The number of nitrogens with zero attached hydrogens (tertiary/aromatic N) is 4. The van der Waals surface area contributed by atoms with Crippen LogP contribution in [0.1, 0.15) is 36.3 Å². The minimum Gasteiger partial charge on any atom is -0.467 e. The van der Waals surface area contributed by atoms with Gasteiger partial charge in [-0.2, -0.15) is 9.97 Å². The van der Waals surface area contributed by atoms with Gasteiger partial charge < -0.3 is 31.2 Å². The van der Waals surface area contributed by atoms with E-state index in [1.54, 1.807) is 26.1 Å². The van der Waals surface area contributed by atoms with E-state index in [-0.39, 0.29) is 30.3 Å². The SMILES string of the molecule is CNC(=O)/C(N)=C(\C)C1=NCCCN(c2nc(OC)nc3c2COC(c2cc(N)cc(Cl)c2Cl)C3)C1. The van der Waals surface area contributed by atoms with Crippen LogP contribution < -0.4 is 26.4 Å². The second-order valence-corrected chi connectivity index (χ2v) is 9.38. The van der Waals surface area contributed by atoms with Gasteiger partial charge in [-0.05, 0) is 25.5 Å². The Morgan fingerprint density at radius 1 is 1.31 bits per heavy atom. The Morgan fingerprint density at radius 3 is 2.81 bits per heavy atom. The number of amides is 1. The lowest BCUT2D eigenvalue weighted by molar-refractivity contribution is -0.117. The topological polar surface area (TPSA) is 141 Å². The number of ether oxygens (including phenoxy) is 2. The first kappa shape index (κ1) is 26.0. The van der Waals surface area contributed by atoms with Crippen molar-refractivity contribution < 1.29 is 14.3 Å². The summed E-state index contributed by atoms with van der Waals surface area (Å²) in [6.07, 6.45) is 0.869. The number of hydrogen-bond acceptors (Lipinski definition) is 9. The van der Waals surface area contributed by atoms with Crippen LogP contribution in [0, 0.1) is 0 Å². The molecular formula is C24H29Cl2N7O3. The van der Waals surface area contributed by atoms with Crippen molar-refractivity contribution in [3.63, 3.8) is 0 Å². The van der Waals surface area contributed by atoms with E-state index in [1.165, 1.54) is 7.11 Å². The molecule has 1 aromatic carbocycles. The van der Waals surface area contributed by atoms with Crippen molar-refractivity contribution >= 4 is 46.3 Å². The summed E-state index contributed by atoms with van der Waals surface area (Å²) in [6.45, 7) is 3.81. The minimum atomic E-state index is -0.378. The molecule has 0 radical (unpaired) electrons. The molecule has 1 amide bonds. The maximum absolute atomic E-state index is 12.1. The molecule has 4 rings (SSSR count). The first-order chi connectivity index (χ1) is 17.2. The highest BCUT2D eigenvalue weighted by molar-refractivity contribution is 6.42. The predicted octanol–water partition coefficient (Wildman–Crippen LogP) is 2.82. The van der Waals surface area contributed by atoms with Crippen molar-refractivity contribution in [2.24, 2.45) is 10.7 Å². The largest absolute Gasteiger partial charge is 0.467 e. The Labute approximate surface area is 219 Å². The molecule has 5 N–H and O–H groups in total. The quantitative estimate of drug-likeness (QED) is 0.393. The number of rotatable bonds is 5. The number of halogens is 2. The predicted molar refractivity (Wildman–Crippen MR) is 141 cm³/mol. The number of carbonyl (C=O) groups is 1. The van der Waals surface area contributed by atoms with Crippen LogP contribution in [0.15, 0.2) is 28.4 Å². The van der Waals surface area contributed by atoms with Crippen LogP contribution in [0.5, 0.6) is 6.01 Å². The van der Waals surface area contributed by atoms with Gasteiger partial charge in [0.05, 0.1) is 47.8 Å². The number of fused-ring (bicyclic) bond motifs is 1. The molecule has 12 heteroatoms. The Balaban J connectivity index is 1.69. The summed E-state index contributed by atoms with van der Waals surface area (Å²) >= 11 is 12.7. The minimum absolute atomic E-state index is 0.143. The molecular weight excluding hydrogens is 505 g/mol. The molecule has 2 aliphatic heterocycles. The molecule has 1 atom stereocenters. The number of methoxy groups -OCH3 is 1. The van der Waals surface area contributed by atoms with Gasteiger partial charge in [-0.15, -0.1) is 0 Å². The van der Waals surface area contributed by atoms with Crippen molar-refractivity contribution in [1.82, 2.24) is 15.3 Å². The first-order valence-electron chi connectivity index (χ1n) is 11.5. The first-order valence-corrected chi connectivity index (χ1v) is 12.3. The lowest BCUT2D eigenvalue weighted by Gasteiger charge is -2.31. The zero-order valence-electron chi connectivity index (χ0n) is 20.4. The Morgan fingerprint density at radius 2 is 2.08 bits per heavy atom. The molecule has 10 nitrogen and oxygen atoms in total. The fourth-order valence-electron chi connectivity index (χ4n) is 4.31. The van der Waals surface area contributed by atoms with E-state index >= 15 is 0 Å². The smallest absolute Gasteiger partial charge is 0.318 e. The molecule has 3 heterocycles. The Kier molecular flexibility index (Phi) is 7.87. The molecule has 36 heavy (non-hydrogen) atoms. The lowest BCUT2D eigenvalue weighted by atomic mass is 9.98. The summed E-state index contributed by atoms with van der Waals surface area (Å²) in [5, 5.41) is 3.34. The number of nitrogen functional groups attached to an aromatic ring is 1. The standard InChI is InChI=1S/C24H29Cl2N7O3/c1-12(21(28)23(34)29-2)18-10-33(6-4-5-30-18)22-15-11-36-19(9-17(15)31-24(32-22)35-3)14-7-13(27)8-16(25)20(14)26/h7-8,19H,4-6,9-11,27-28H2,1-3H3,(H,29,34)/b21-12-. The Hall–Kier alpha value is -3.08. The number of benzene rings is 1. The zero-order valence-corrected chi connectivity index (χ0v) is 21.9. The lowest BCUT2D eigenvalue weighted by Crippen LogP contribution is -2.35. The van der Waals surface area contributed by atoms with Crippen molar-refractivity contribution in [2.45, 2.75) is 32.5 Å². The fourth-order valence-corrected chi connectivity index (χ4v) is 4.78. The van der Waals surface area contributed by atoms with Gasteiger partial charge in [-0.25, -0.2) is 0 Å². The molecule has 0 fully saturated rings. The number of nitrogens with one attached hydrogen (secondary N) is 1. The number of aliphatic imine (C=N–C) groups is 1. The number of likely N-dealkylation sites (N-methyl/N-ethyl adjacent to an activating group) is 1. The fraction of sp³-hybridized carbons (Fsp3) is 0.417. The van der Waals surface area contributed by atoms with Gasteiger partial charge in [0, 0.05) is 48.9 Å². The average Bonchev–Trinajstić information content (AvgIpc) is 3.14. The van der Waals surface area contributed by atoms with Gasteiger partial charge in [-0.3, -0.25) is 9.79 Å². The molecule has 0 aliphatic carbocycles. The zero-order chi connectivity index (χ0) is 26.0. The van der Waals surface area contributed by atoms with E-state index in [9.17, 15) is 4.79 Å². The molecule has 0 saturated carbocycles. The van der Waals surface area contributed by atoms with E-state index in [0.29, 0.717) is 58.7 Å². The molecule has 1 unspecified atom stereocenters. The number of aromatic nitrogens is 2. The second kappa shape index (κ2) is 10.9. The summed E-state index contributed by atoms with van der Waals surface area (Å²) < 4.78 is 11.7. The third kappa shape index (κ3) is 5.21. The van der Waals surface area contributed by atoms with E-state index in [4.69, 9.17) is 44.1 Å². The molecule has 0 spiro atoms. The maximum Gasteiger partial charge on any atom is 0.318 e. The molecule has 0 saturated heterocycles. The van der Waals surface area contributed by atoms with Crippen LogP contribution in [0.2, 0.25) is 10.0 Å². The summed E-state index contributed by atoms with van der Waals surface area (Å²) in [7, 11) is 3.07. The van der Waals surface area contributed by atoms with Gasteiger partial charge in [0.1, 0.15) is 11.5 Å². The molecule has 1 aromatic heterocycles.